The van der Waals surface area contributed by atoms with Crippen LogP contribution in [-0.4, -0.2) is 33.7 Å². The first-order valence-corrected chi connectivity index (χ1v) is 8.43. The van der Waals surface area contributed by atoms with E-state index in [0.717, 1.165) is 49.8 Å². The highest BCUT2D eigenvalue weighted by molar-refractivity contribution is 5.58. The van der Waals surface area contributed by atoms with Crippen LogP contribution in [0.15, 0.2) is 48.7 Å². The summed E-state index contributed by atoms with van der Waals surface area (Å²) in [5, 5.41) is 7.86. The Bertz CT molecular complexity index is 813. The number of aromatic nitrogens is 3. The minimum atomic E-state index is 0.224. The van der Waals surface area contributed by atoms with Gasteiger partial charge in [-0.1, -0.05) is 30.3 Å². The van der Waals surface area contributed by atoms with Gasteiger partial charge in [-0.15, -0.1) is 0 Å². The molecule has 1 aromatic carbocycles. The Hall–Kier alpha value is -2.60. The summed E-state index contributed by atoms with van der Waals surface area (Å²) in [5.74, 6) is 1.91. The van der Waals surface area contributed by atoms with Crippen LogP contribution in [0.1, 0.15) is 18.4 Å². The predicted octanol–water partition coefficient (Wildman–Crippen LogP) is 2.27. The summed E-state index contributed by atoms with van der Waals surface area (Å²) in [7, 11) is 0. The Kier molecular flexibility index (Phi) is 4.04. The van der Waals surface area contributed by atoms with Gasteiger partial charge in [0.15, 0.2) is 5.65 Å². The lowest BCUT2D eigenvalue weighted by Crippen LogP contribution is -2.43. The van der Waals surface area contributed by atoms with Gasteiger partial charge < -0.3 is 16.0 Å². The number of benzene rings is 1. The molecule has 0 spiro atoms. The lowest BCUT2D eigenvalue weighted by atomic mass is 10.1. The van der Waals surface area contributed by atoms with Gasteiger partial charge in [0.05, 0.1) is 6.20 Å². The first-order chi connectivity index (χ1) is 11.8. The van der Waals surface area contributed by atoms with E-state index in [4.69, 9.17) is 10.7 Å². The van der Waals surface area contributed by atoms with Gasteiger partial charge in [0.25, 0.3) is 0 Å². The van der Waals surface area contributed by atoms with Crippen LogP contribution in [0.25, 0.3) is 5.65 Å². The SMILES string of the molecule is N[C@@H]1CCCN(c2cc(NCc3ccccc3)n3nccc3n2)C1. The van der Waals surface area contributed by atoms with Crippen molar-refractivity contribution in [3.8, 4) is 0 Å². The topological polar surface area (TPSA) is 71.5 Å². The van der Waals surface area contributed by atoms with E-state index in [9.17, 15) is 0 Å². The van der Waals surface area contributed by atoms with Gasteiger partial charge in [0.2, 0.25) is 0 Å². The fourth-order valence-electron chi connectivity index (χ4n) is 3.19. The molecule has 4 rings (SSSR count). The average molecular weight is 322 g/mol. The Labute approximate surface area is 141 Å². The highest BCUT2D eigenvalue weighted by Crippen LogP contribution is 2.22. The molecule has 3 heterocycles. The summed E-state index contributed by atoms with van der Waals surface area (Å²) in [6.45, 7) is 2.61. The molecule has 0 aliphatic carbocycles. The summed E-state index contributed by atoms with van der Waals surface area (Å²) in [5.41, 5.74) is 8.21. The normalized spacial score (nSPS) is 18.0. The molecule has 0 unspecified atom stereocenters. The lowest BCUT2D eigenvalue weighted by Gasteiger charge is -2.32. The number of piperidine rings is 1. The number of hydrogen-bond donors (Lipinski definition) is 2. The summed E-state index contributed by atoms with van der Waals surface area (Å²) in [6, 6.07) is 14.6. The molecule has 124 valence electrons. The third kappa shape index (κ3) is 3.05. The molecule has 6 heteroatoms. The van der Waals surface area contributed by atoms with Crippen LogP contribution >= 0.6 is 0 Å². The van der Waals surface area contributed by atoms with E-state index in [1.54, 1.807) is 6.20 Å². The van der Waals surface area contributed by atoms with Crippen LogP contribution in [-0.2, 0) is 6.54 Å². The van der Waals surface area contributed by atoms with Gasteiger partial charge in [-0.2, -0.15) is 9.61 Å². The molecular formula is C18H22N6. The summed E-state index contributed by atoms with van der Waals surface area (Å²) < 4.78 is 1.84. The standard InChI is InChI=1S/C18H22N6/c19-15-7-4-10-23(13-15)18-11-17(24-16(22-18)8-9-21-24)20-12-14-5-2-1-3-6-14/h1-3,5-6,8-9,11,15,20H,4,7,10,12-13,19H2/t15-/m1/s1. The van der Waals surface area contributed by atoms with Gasteiger partial charge in [-0.3, -0.25) is 0 Å². The molecule has 1 fully saturated rings. The van der Waals surface area contributed by atoms with Crippen LogP contribution in [0.5, 0.6) is 0 Å². The van der Waals surface area contributed by atoms with Crippen molar-refractivity contribution < 1.29 is 0 Å². The Morgan fingerprint density at radius 3 is 2.92 bits per heavy atom. The fraction of sp³-hybridized carbons (Fsp3) is 0.333. The molecule has 6 nitrogen and oxygen atoms in total. The van der Waals surface area contributed by atoms with Crippen molar-refractivity contribution in [2.24, 2.45) is 5.73 Å². The minimum absolute atomic E-state index is 0.224. The second kappa shape index (κ2) is 6.49. The van der Waals surface area contributed by atoms with Crippen molar-refractivity contribution in [3.05, 3.63) is 54.2 Å². The van der Waals surface area contributed by atoms with E-state index in [2.05, 4.69) is 33.5 Å². The highest BCUT2D eigenvalue weighted by atomic mass is 15.3. The Morgan fingerprint density at radius 2 is 2.08 bits per heavy atom. The molecule has 1 aliphatic heterocycles. The third-order valence-corrected chi connectivity index (χ3v) is 4.44. The van der Waals surface area contributed by atoms with Crippen LogP contribution in [0.3, 0.4) is 0 Å². The van der Waals surface area contributed by atoms with E-state index < -0.39 is 0 Å². The molecule has 1 aliphatic rings. The van der Waals surface area contributed by atoms with Crippen LogP contribution < -0.4 is 16.0 Å². The van der Waals surface area contributed by atoms with Crippen molar-refractivity contribution in [1.29, 1.82) is 0 Å². The Morgan fingerprint density at radius 1 is 1.21 bits per heavy atom. The van der Waals surface area contributed by atoms with E-state index in [1.807, 2.05) is 28.8 Å². The van der Waals surface area contributed by atoms with Crippen LogP contribution in [0.2, 0.25) is 0 Å². The van der Waals surface area contributed by atoms with Gasteiger partial charge in [0, 0.05) is 37.8 Å². The number of nitrogens with one attached hydrogen (secondary N) is 1. The number of nitrogens with two attached hydrogens (primary N) is 1. The van der Waals surface area contributed by atoms with Gasteiger partial charge in [-0.25, -0.2) is 4.98 Å². The molecule has 1 atom stereocenters. The molecule has 3 aromatic rings. The van der Waals surface area contributed by atoms with Gasteiger partial charge in [-0.05, 0) is 18.4 Å². The van der Waals surface area contributed by atoms with Crippen LogP contribution in [0.4, 0.5) is 11.6 Å². The van der Waals surface area contributed by atoms with Crippen molar-refractivity contribution >= 4 is 17.3 Å². The van der Waals surface area contributed by atoms with Crippen LogP contribution in [0, 0.1) is 0 Å². The zero-order valence-electron chi connectivity index (χ0n) is 13.6. The predicted molar refractivity (Wildman–Crippen MR) is 96.2 cm³/mol. The maximum absolute atomic E-state index is 6.13. The quantitative estimate of drug-likeness (QED) is 0.771. The first kappa shape index (κ1) is 15.0. The second-order valence-corrected chi connectivity index (χ2v) is 6.29. The van der Waals surface area contributed by atoms with Gasteiger partial charge >= 0.3 is 0 Å². The zero-order chi connectivity index (χ0) is 16.4. The number of rotatable bonds is 4. The van der Waals surface area contributed by atoms with Crippen molar-refractivity contribution in [3.63, 3.8) is 0 Å². The lowest BCUT2D eigenvalue weighted by molar-refractivity contribution is 0.503. The molecule has 1 saturated heterocycles. The van der Waals surface area contributed by atoms with E-state index >= 15 is 0 Å². The maximum Gasteiger partial charge on any atom is 0.159 e. The minimum Gasteiger partial charge on any atom is -0.366 e. The monoisotopic (exact) mass is 322 g/mol. The second-order valence-electron chi connectivity index (χ2n) is 6.29. The molecule has 2 aromatic heterocycles. The highest BCUT2D eigenvalue weighted by Gasteiger charge is 2.19. The molecule has 0 bridgehead atoms. The number of anilines is 2. The Balaban J connectivity index is 1.62. The molecule has 24 heavy (non-hydrogen) atoms. The van der Waals surface area contributed by atoms with E-state index in [1.165, 1.54) is 5.56 Å². The van der Waals surface area contributed by atoms with E-state index in [-0.39, 0.29) is 6.04 Å². The number of fused-ring (bicyclic) bond motifs is 1. The molecule has 0 saturated carbocycles. The van der Waals surface area contributed by atoms with Gasteiger partial charge in [0.1, 0.15) is 11.6 Å². The van der Waals surface area contributed by atoms with E-state index in [0.29, 0.717) is 0 Å². The molecule has 0 radical (unpaired) electrons. The molecule has 0 amide bonds. The molecule has 3 N–H and O–H groups in total. The summed E-state index contributed by atoms with van der Waals surface area (Å²) in [4.78, 5) is 7.01. The zero-order valence-corrected chi connectivity index (χ0v) is 13.6. The molecular weight excluding hydrogens is 300 g/mol. The average Bonchev–Trinajstić information content (AvgIpc) is 3.09. The summed E-state index contributed by atoms with van der Waals surface area (Å²) in [6.07, 6.45) is 3.98. The van der Waals surface area contributed by atoms with Crippen molar-refractivity contribution in [2.45, 2.75) is 25.4 Å². The van der Waals surface area contributed by atoms with Crippen molar-refractivity contribution in [1.82, 2.24) is 14.6 Å². The smallest absolute Gasteiger partial charge is 0.159 e. The number of nitrogens with zero attached hydrogens (tertiary/aromatic N) is 4. The maximum atomic E-state index is 6.13. The first-order valence-electron chi connectivity index (χ1n) is 8.43. The third-order valence-electron chi connectivity index (χ3n) is 4.44. The fourth-order valence-corrected chi connectivity index (χ4v) is 3.19. The summed E-state index contributed by atoms with van der Waals surface area (Å²) >= 11 is 0. The van der Waals surface area contributed by atoms with Crippen molar-refractivity contribution in [2.75, 3.05) is 23.3 Å². The number of hydrogen-bond acceptors (Lipinski definition) is 5. The largest absolute Gasteiger partial charge is 0.366 e.